The van der Waals surface area contributed by atoms with Gasteiger partial charge < -0.3 is 19.9 Å². The van der Waals surface area contributed by atoms with E-state index in [-0.39, 0.29) is 0 Å². The van der Waals surface area contributed by atoms with Gasteiger partial charge >= 0.3 is 24.1 Å². The Morgan fingerprint density at radius 1 is 1.06 bits per heavy atom. The Morgan fingerprint density at radius 3 is 1.83 bits per heavy atom. The van der Waals surface area contributed by atoms with E-state index in [0.717, 1.165) is 14.2 Å². The van der Waals surface area contributed by atoms with E-state index in [9.17, 15) is 27.6 Å². The van der Waals surface area contributed by atoms with E-state index >= 15 is 0 Å². The Balaban J connectivity index is 4.98. The lowest BCUT2D eigenvalue weighted by molar-refractivity contribution is -0.209. The molecule has 0 heterocycles. The van der Waals surface area contributed by atoms with Crippen molar-refractivity contribution in [2.45, 2.75) is 18.3 Å². The Bertz CT molecular complexity index is 342. The molecule has 0 saturated heterocycles. The van der Waals surface area contributed by atoms with Crippen molar-refractivity contribution in [3.63, 3.8) is 0 Å². The maximum Gasteiger partial charge on any atom is 0.490 e. The number of carbonyl (C=O) groups is 3. The van der Waals surface area contributed by atoms with Crippen molar-refractivity contribution in [3.05, 3.63) is 0 Å². The molecule has 0 aliphatic carbocycles. The van der Waals surface area contributed by atoms with Crippen molar-refractivity contribution in [2.24, 2.45) is 5.73 Å². The zero-order chi connectivity index (χ0) is 14.5. The van der Waals surface area contributed by atoms with Gasteiger partial charge in [-0.1, -0.05) is 0 Å². The van der Waals surface area contributed by atoms with Crippen molar-refractivity contribution < 1.29 is 41.8 Å². The summed E-state index contributed by atoms with van der Waals surface area (Å²) in [7, 11) is 1.71. The molecule has 104 valence electrons. The fourth-order valence-corrected chi connectivity index (χ4v) is 0.826. The third kappa shape index (κ3) is 4.20. The van der Waals surface area contributed by atoms with E-state index in [2.05, 4.69) is 14.2 Å². The molecule has 0 aromatic carbocycles. The number of carbonyl (C=O) groups excluding carboxylic acids is 3. The van der Waals surface area contributed by atoms with Crippen LogP contribution in [0.4, 0.5) is 13.2 Å². The van der Waals surface area contributed by atoms with Crippen LogP contribution in [0.2, 0.25) is 0 Å². The first-order chi connectivity index (χ1) is 8.15. The van der Waals surface area contributed by atoms with Gasteiger partial charge in [-0.3, -0.25) is 4.79 Å². The summed E-state index contributed by atoms with van der Waals surface area (Å²) in [5, 5.41) is 0. The molecule has 0 aromatic heterocycles. The summed E-state index contributed by atoms with van der Waals surface area (Å²) in [6, 6.07) is -1.92. The van der Waals surface area contributed by atoms with Crippen LogP contribution in [0.1, 0.15) is 0 Å². The summed E-state index contributed by atoms with van der Waals surface area (Å²) < 4.78 is 47.8. The molecule has 0 bridgehead atoms. The van der Waals surface area contributed by atoms with E-state index in [1.807, 2.05) is 0 Å². The highest BCUT2D eigenvalue weighted by Crippen LogP contribution is 2.18. The van der Waals surface area contributed by atoms with E-state index in [1.165, 1.54) is 0 Å². The van der Waals surface area contributed by atoms with Crippen molar-refractivity contribution in [3.8, 4) is 0 Å². The molecule has 2 atom stereocenters. The van der Waals surface area contributed by atoms with Crippen LogP contribution in [0.5, 0.6) is 0 Å². The number of alkyl halides is 3. The fraction of sp³-hybridized carbons (Fsp3) is 0.625. The van der Waals surface area contributed by atoms with E-state index in [1.54, 1.807) is 0 Å². The minimum atomic E-state index is -5.33. The highest BCUT2D eigenvalue weighted by Gasteiger charge is 2.46. The van der Waals surface area contributed by atoms with Gasteiger partial charge in [0.2, 0.25) is 6.10 Å². The number of esters is 3. The molecular weight excluding hydrogens is 263 g/mol. The molecule has 18 heavy (non-hydrogen) atoms. The average molecular weight is 273 g/mol. The molecule has 0 rings (SSSR count). The van der Waals surface area contributed by atoms with Crippen LogP contribution >= 0.6 is 0 Å². The Labute approximate surface area is 99.0 Å². The van der Waals surface area contributed by atoms with Gasteiger partial charge in [0, 0.05) is 0 Å². The molecule has 0 saturated carbocycles. The lowest BCUT2D eigenvalue weighted by Crippen LogP contribution is -2.51. The third-order valence-electron chi connectivity index (χ3n) is 1.70. The molecule has 7 nitrogen and oxygen atoms in total. The summed E-state index contributed by atoms with van der Waals surface area (Å²) in [6.07, 6.45) is -7.57. The number of rotatable bonds is 4. The Hall–Kier alpha value is -1.84. The number of nitrogens with two attached hydrogens (primary N) is 1. The van der Waals surface area contributed by atoms with Gasteiger partial charge in [0.05, 0.1) is 14.2 Å². The SMILES string of the molecule is COC(=O)[C@@H](N)[C@H](OC(=O)C(F)(F)F)C(=O)OC. The van der Waals surface area contributed by atoms with E-state index in [4.69, 9.17) is 5.73 Å². The van der Waals surface area contributed by atoms with Gasteiger partial charge in [-0.2, -0.15) is 13.2 Å². The number of methoxy groups -OCH3 is 2. The average Bonchev–Trinajstić information content (AvgIpc) is 2.31. The molecule has 0 aliphatic heterocycles. The second kappa shape index (κ2) is 6.19. The van der Waals surface area contributed by atoms with Gasteiger partial charge in [0.15, 0.2) is 6.04 Å². The van der Waals surface area contributed by atoms with Crippen molar-refractivity contribution in [1.82, 2.24) is 0 Å². The molecule has 2 N–H and O–H groups in total. The monoisotopic (exact) mass is 273 g/mol. The van der Waals surface area contributed by atoms with Crippen molar-refractivity contribution >= 4 is 17.9 Å². The highest BCUT2D eigenvalue weighted by atomic mass is 19.4. The minimum absolute atomic E-state index is 0.820. The fourth-order valence-electron chi connectivity index (χ4n) is 0.826. The first kappa shape index (κ1) is 16.2. The van der Waals surface area contributed by atoms with Crippen LogP contribution in [-0.4, -0.2) is 50.4 Å². The molecule has 0 unspecified atom stereocenters. The van der Waals surface area contributed by atoms with Crippen LogP contribution in [0, 0.1) is 0 Å². The van der Waals surface area contributed by atoms with Crippen molar-refractivity contribution in [1.29, 1.82) is 0 Å². The maximum absolute atomic E-state index is 11.9. The lowest BCUT2D eigenvalue weighted by atomic mass is 10.2. The Kier molecular flexibility index (Phi) is 5.56. The summed E-state index contributed by atoms with van der Waals surface area (Å²) in [4.78, 5) is 32.6. The predicted octanol–water partition coefficient (Wildman–Crippen LogP) is -0.866. The topological polar surface area (TPSA) is 105 Å². The summed E-state index contributed by atoms with van der Waals surface area (Å²) in [5.41, 5.74) is 5.12. The number of halogens is 3. The van der Waals surface area contributed by atoms with Crippen LogP contribution in [-0.2, 0) is 28.6 Å². The molecule has 0 amide bonds. The van der Waals surface area contributed by atoms with Gasteiger partial charge in [-0.15, -0.1) is 0 Å². The maximum atomic E-state index is 11.9. The molecule has 10 heteroatoms. The van der Waals surface area contributed by atoms with Gasteiger partial charge in [-0.05, 0) is 0 Å². The number of hydrogen-bond donors (Lipinski definition) is 1. The minimum Gasteiger partial charge on any atom is -0.468 e. The third-order valence-corrected chi connectivity index (χ3v) is 1.70. The Morgan fingerprint density at radius 2 is 1.50 bits per heavy atom. The zero-order valence-corrected chi connectivity index (χ0v) is 9.32. The molecule has 0 fully saturated rings. The first-order valence-electron chi connectivity index (χ1n) is 4.34. The predicted molar refractivity (Wildman–Crippen MR) is 47.9 cm³/mol. The van der Waals surface area contributed by atoms with Crippen LogP contribution < -0.4 is 5.73 Å². The quantitative estimate of drug-likeness (QED) is 0.524. The number of hydrogen-bond acceptors (Lipinski definition) is 7. The summed E-state index contributed by atoms with van der Waals surface area (Å²) in [6.45, 7) is 0. The van der Waals surface area contributed by atoms with Crippen LogP contribution in [0.15, 0.2) is 0 Å². The summed E-state index contributed by atoms with van der Waals surface area (Å²) >= 11 is 0. The second-order valence-electron chi connectivity index (χ2n) is 2.90. The molecular formula is C8H10F3NO6. The van der Waals surface area contributed by atoms with Gasteiger partial charge in [0.1, 0.15) is 0 Å². The molecule has 0 spiro atoms. The summed E-state index contributed by atoms with van der Waals surface area (Å²) in [5.74, 6) is -5.32. The largest absolute Gasteiger partial charge is 0.490 e. The van der Waals surface area contributed by atoms with E-state index in [0.29, 0.717) is 0 Å². The molecule has 0 aromatic rings. The normalized spacial score (nSPS) is 14.3. The van der Waals surface area contributed by atoms with Crippen LogP contribution in [0.25, 0.3) is 0 Å². The smallest absolute Gasteiger partial charge is 0.468 e. The lowest BCUT2D eigenvalue weighted by Gasteiger charge is -2.20. The zero-order valence-electron chi connectivity index (χ0n) is 9.32. The standard InChI is InChI=1S/C8H10F3NO6/c1-16-5(13)3(12)4(6(14)17-2)18-7(15)8(9,10)11/h3-4H,12H2,1-2H3/t3-,4-/m0/s1. The van der Waals surface area contributed by atoms with Gasteiger partial charge in [-0.25, -0.2) is 9.59 Å². The first-order valence-corrected chi connectivity index (χ1v) is 4.34. The van der Waals surface area contributed by atoms with Gasteiger partial charge in [0.25, 0.3) is 0 Å². The number of ether oxygens (including phenoxy) is 3. The molecule has 0 radical (unpaired) electrons. The van der Waals surface area contributed by atoms with E-state index < -0.39 is 36.2 Å². The second-order valence-corrected chi connectivity index (χ2v) is 2.90. The van der Waals surface area contributed by atoms with Crippen molar-refractivity contribution in [2.75, 3.05) is 14.2 Å². The highest BCUT2D eigenvalue weighted by molar-refractivity contribution is 5.88. The molecule has 0 aliphatic rings. The van der Waals surface area contributed by atoms with Crippen LogP contribution in [0.3, 0.4) is 0 Å².